The summed E-state index contributed by atoms with van der Waals surface area (Å²) < 4.78 is 5.11. The molecular weight excluding hydrogens is 218 g/mol. The average Bonchev–Trinajstić information content (AvgIpc) is 3.18. The Bertz CT molecular complexity index is 391. The Balaban J connectivity index is 1.77. The number of hydrogen-bond acceptors (Lipinski definition) is 4. The molecule has 92 valence electrons. The molecule has 1 saturated carbocycles. The summed E-state index contributed by atoms with van der Waals surface area (Å²) in [6.07, 6.45) is 4.03. The van der Waals surface area contributed by atoms with Crippen LogP contribution < -0.4 is 15.4 Å². The summed E-state index contributed by atoms with van der Waals surface area (Å²) in [6, 6.07) is 4.26. The van der Waals surface area contributed by atoms with E-state index in [9.17, 15) is 4.79 Å². The van der Waals surface area contributed by atoms with E-state index in [0.29, 0.717) is 25.0 Å². The summed E-state index contributed by atoms with van der Waals surface area (Å²) in [5.74, 6) is 0.561. The highest BCUT2D eigenvalue weighted by Crippen LogP contribution is 2.18. The lowest BCUT2D eigenvalue weighted by molar-refractivity contribution is -0.120. The normalized spacial score (nSPS) is 14.4. The van der Waals surface area contributed by atoms with Gasteiger partial charge in [0.15, 0.2) is 0 Å². The van der Waals surface area contributed by atoms with Crippen molar-refractivity contribution in [3.63, 3.8) is 0 Å². The van der Waals surface area contributed by atoms with Gasteiger partial charge in [-0.3, -0.25) is 4.79 Å². The van der Waals surface area contributed by atoms with E-state index in [1.165, 1.54) is 12.8 Å². The van der Waals surface area contributed by atoms with Crippen LogP contribution in [0.1, 0.15) is 18.4 Å². The van der Waals surface area contributed by atoms with Gasteiger partial charge >= 0.3 is 0 Å². The van der Waals surface area contributed by atoms with Crippen LogP contribution in [-0.4, -0.2) is 30.6 Å². The first-order chi connectivity index (χ1) is 8.29. The first-order valence-electron chi connectivity index (χ1n) is 5.77. The Kier molecular flexibility index (Phi) is 3.93. The summed E-state index contributed by atoms with van der Waals surface area (Å²) in [5.41, 5.74) is 0.884. The van der Waals surface area contributed by atoms with Crippen LogP contribution in [0.15, 0.2) is 18.3 Å². The zero-order chi connectivity index (χ0) is 12.1. The van der Waals surface area contributed by atoms with Gasteiger partial charge in [-0.1, -0.05) is 6.07 Å². The molecule has 0 radical (unpaired) electrons. The molecule has 5 heteroatoms. The van der Waals surface area contributed by atoms with Gasteiger partial charge in [0.2, 0.25) is 11.8 Å². The number of nitrogens with zero attached hydrogens (tertiary/aromatic N) is 1. The second-order valence-electron chi connectivity index (χ2n) is 4.10. The number of carbonyl (C=O) groups excluding carboxylic acids is 1. The second kappa shape index (κ2) is 5.63. The monoisotopic (exact) mass is 235 g/mol. The number of rotatable bonds is 6. The predicted octanol–water partition coefficient (Wildman–Crippen LogP) is 0.458. The average molecular weight is 235 g/mol. The molecule has 1 heterocycles. The highest BCUT2D eigenvalue weighted by molar-refractivity contribution is 5.78. The molecule has 1 aromatic rings. The van der Waals surface area contributed by atoms with E-state index >= 15 is 0 Å². The third kappa shape index (κ3) is 3.71. The highest BCUT2D eigenvalue weighted by atomic mass is 16.5. The SMILES string of the molecule is COc1ncccc1CNC(=O)CNC1CC1. The van der Waals surface area contributed by atoms with Gasteiger partial charge < -0.3 is 15.4 Å². The lowest BCUT2D eigenvalue weighted by Gasteiger charge is -2.08. The van der Waals surface area contributed by atoms with Gasteiger partial charge in [0.05, 0.1) is 13.7 Å². The van der Waals surface area contributed by atoms with E-state index in [1.807, 2.05) is 12.1 Å². The van der Waals surface area contributed by atoms with Gasteiger partial charge in [0.25, 0.3) is 0 Å². The van der Waals surface area contributed by atoms with E-state index in [-0.39, 0.29) is 5.91 Å². The summed E-state index contributed by atoms with van der Waals surface area (Å²) in [4.78, 5) is 15.6. The molecule has 0 aliphatic heterocycles. The van der Waals surface area contributed by atoms with E-state index < -0.39 is 0 Å². The van der Waals surface area contributed by atoms with Crippen molar-refractivity contribution < 1.29 is 9.53 Å². The number of ether oxygens (including phenoxy) is 1. The van der Waals surface area contributed by atoms with E-state index in [1.54, 1.807) is 13.3 Å². The number of nitrogens with one attached hydrogen (secondary N) is 2. The molecule has 2 rings (SSSR count). The molecule has 17 heavy (non-hydrogen) atoms. The van der Waals surface area contributed by atoms with Crippen LogP contribution in [0.4, 0.5) is 0 Å². The first kappa shape index (κ1) is 11.9. The van der Waals surface area contributed by atoms with Crippen LogP contribution in [-0.2, 0) is 11.3 Å². The molecule has 0 bridgehead atoms. The van der Waals surface area contributed by atoms with Crippen molar-refractivity contribution >= 4 is 5.91 Å². The molecule has 0 spiro atoms. The molecule has 1 amide bonds. The third-order valence-corrected chi connectivity index (χ3v) is 2.65. The standard InChI is InChI=1S/C12H17N3O2/c1-17-12-9(3-2-6-13-12)7-15-11(16)8-14-10-4-5-10/h2-3,6,10,14H,4-5,7-8H2,1H3,(H,15,16). The second-order valence-corrected chi connectivity index (χ2v) is 4.10. The Morgan fingerprint density at radius 1 is 1.59 bits per heavy atom. The first-order valence-corrected chi connectivity index (χ1v) is 5.77. The fraction of sp³-hybridized carbons (Fsp3) is 0.500. The van der Waals surface area contributed by atoms with Crippen LogP contribution in [0.5, 0.6) is 5.88 Å². The van der Waals surface area contributed by atoms with Crippen molar-refractivity contribution in [1.82, 2.24) is 15.6 Å². The van der Waals surface area contributed by atoms with Crippen LogP contribution in [0.25, 0.3) is 0 Å². The van der Waals surface area contributed by atoms with Gasteiger partial charge in [-0.25, -0.2) is 4.98 Å². The van der Waals surface area contributed by atoms with Crippen LogP contribution in [0.3, 0.4) is 0 Å². The maximum atomic E-state index is 11.5. The molecule has 5 nitrogen and oxygen atoms in total. The number of carbonyl (C=O) groups is 1. The molecule has 1 aliphatic rings. The minimum atomic E-state index is 0.00260. The largest absolute Gasteiger partial charge is 0.481 e. The fourth-order valence-corrected chi connectivity index (χ4v) is 1.52. The number of hydrogen-bond donors (Lipinski definition) is 2. The number of amides is 1. The zero-order valence-electron chi connectivity index (χ0n) is 9.90. The molecular formula is C12H17N3O2. The van der Waals surface area contributed by atoms with Crippen molar-refractivity contribution in [3.8, 4) is 5.88 Å². The van der Waals surface area contributed by atoms with Gasteiger partial charge in [0.1, 0.15) is 0 Å². The Hall–Kier alpha value is -1.62. The quantitative estimate of drug-likeness (QED) is 0.752. The lowest BCUT2D eigenvalue weighted by Crippen LogP contribution is -2.34. The minimum absolute atomic E-state index is 0.00260. The van der Waals surface area contributed by atoms with Crippen molar-refractivity contribution in [3.05, 3.63) is 23.9 Å². The van der Waals surface area contributed by atoms with Crippen LogP contribution >= 0.6 is 0 Å². The van der Waals surface area contributed by atoms with Gasteiger partial charge in [-0.2, -0.15) is 0 Å². The summed E-state index contributed by atoms with van der Waals surface area (Å²) in [7, 11) is 1.57. The van der Waals surface area contributed by atoms with Gasteiger partial charge in [-0.15, -0.1) is 0 Å². The van der Waals surface area contributed by atoms with E-state index in [0.717, 1.165) is 5.56 Å². The summed E-state index contributed by atoms with van der Waals surface area (Å²) in [5, 5.41) is 6.00. The lowest BCUT2D eigenvalue weighted by atomic mass is 10.2. The number of aromatic nitrogens is 1. The topological polar surface area (TPSA) is 63.2 Å². The van der Waals surface area contributed by atoms with Crippen LogP contribution in [0.2, 0.25) is 0 Å². The van der Waals surface area contributed by atoms with Crippen molar-refractivity contribution in [2.45, 2.75) is 25.4 Å². The Morgan fingerprint density at radius 2 is 2.41 bits per heavy atom. The van der Waals surface area contributed by atoms with Gasteiger partial charge in [0, 0.05) is 24.3 Å². The number of pyridine rings is 1. The Morgan fingerprint density at radius 3 is 3.12 bits per heavy atom. The minimum Gasteiger partial charge on any atom is -0.481 e. The predicted molar refractivity (Wildman–Crippen MR) is 63.7 cm³/mol. The van der Waals surface area contributed by atoms with Crippen molar-refractivity contribution in [2.24, 2.45) is 0 Å². The molecule has 0 atom stereocenters. The van der Waals surface area contributed by atoms with Crippen molar-refractivity contribution in [2.75, 3.05) is 13.7 Å². The van der Waals surface area contributed by atoms with Gasteiger partial charge in [-0.05, 0) is 18.9 Å². The highest BCUT2D eigenvalue weighted by Gasteiger charge is 2.21. The molecule has 1 fully saturated rings. The molecule has 0 unspecified atom stereocenters. The van der Waals surface area contributed by atoms with E-state index in [4.69, 9.17) is 4.74 Å². The molecule has 0 aromatic carbocycles. The van der Waals surface area contributed by atoms with Crippen LogP contribution in [0, 0.1) is 0 Å². The summed E-state index contributed by atoms with van der Waals surface area (Å²) >= 11 is 0. The smallest absolute Gasteiger partial charge is 0.234 e. The molecule has 0 saturated heterocycles. The maximum absolute atomic E-state index is 11.5. The maximum Gasteiger partial charge on any atom is 0.234 e. The molecule has 1 aliphatic carbocycles. The third-order valence-electron chi connectivity index (χ3n) is 2.65. The summed E-state index contributed by atoms with van der Waals surface area (Å²) in [6.45, 7) is 0.829. The fourth-order valence-electron chi connectivity index (χ4n) is 1.52. The Labute approximate surface area is 101 Å². The van der Waals surface area contributed by atoms with Crippen molar-refractivity contribution in [1.29, 1.82) is 0 Å². The molecule has 1 aromatic heterocycles. The molecule has 2 N–H and O–H groups in total. The number of methoxy groups -OCH3 is 1. The zero-order valence-corrected chi connectivity index (χ0v) is 9.90. The van der Waals surface area contributed by atoms with E-state index in [2.05, 4.69) is 15.6 Å².